The van der Waals surface area contributed by atoms with Crippen molar-refractivity contribution in [3.8, 4) is 0 Å². The first-order valence-corrected chi connectivity index (χ1v) is 5.54. The third-order valence-electron chi connectivity index (χ3n) is 2.82. The molecule has 0 aromatic rings. The van der Waals surface area contributed by atoms with Crippen LogP contribution in [0.3, 0.4) is 0 Å². The largest absolute Gasteiger partial charge is 0.0850 e. The first-order chi connectivity index (χ1) is 5.86. The van der Waals surface area contributed by atoms with Crippen LogP contribution in [0, 0.1) is 5.92 Å². The summed E-state index contributed by atoms with van der Waals surface area (Å²) in [5.74, 6) is 0.970. The summed E-state index contributed by atoms with van der Waals surface area (Å²) in [6.45, 7) is 4.61. The highest BCUT2D eigenvalue weighted by Gasteiger charge is 2.11. The van der Waals surface area contributed by atoms with Crippen LogP contribution in [0.25, 0.3) is 0 Å². The fourth-order valence-corrected chi connectivity index (χ4v) is 1.59. The molecule has 0 bridgehead atoms. The molecule has 0 spiro atoms. The normalized spacial score (nSPS) is 17.7. The van der Waals surface area contributed by atoms with E-state index < -0.39 is 0 Å². The van der Waals surface area contributed by atoms with Gasteiger partial charge in [-0.05, 0) is 25.2 Å². The molecule has 1 fully saturated rings. The molecule has 70 valence electrons. The molecule has 0 radical (unpaired) electrons. The van der Waals surface area contributed by atoms with E-state index in [1.807, 2.05) is 0 Å². The van der Waals surface area contributed by atoms with Gasteiger partial charge in [0.05, 0.1) is 0 Å². The molecule has 1 aliphatic rings. The van der Waals surface area contributed by atoms with Gasteiger partial charge in [-0.15, -0.1) is 0 Å². The lowest BCUT2D eigenvalue weighted by atomic mass is 9.96. The quantitative estimate of drug-likeness (QED) is 0.516. The van der Waals surface area contributed by atoms with Gasteiger partial charge in [-0.2, -0.15) is 0 Å². The van der Waals surface area contributed by atoms with E-state index in [2.05, 4.69) is 19.9 Å². The predicted molar refractivity (Wildman–Crippen MR) is 55.2 cm³/mol. The van der Waals surface area contributed by atoms with Crippen LogP contribution in [-0.2, 0) is 0 Å². The number of hydrogen-bond acceptors (Lipinski definition) is 0. The molecule has 0 aromatic carbocycles. The number of hydrogen-bond donors (Lipinski definition) is 0. The highest BCUT2D eigenvalue weighted by atomic mass is 14.2. The Kier molecular flexibility index (Phi) is 4.42. The van der Waals surface area contributed by atoms with Crippen molar-refractivity contribution in [2.24, 2.45) is 5.92 Å². The Labute approximate surface area is 77.1 Å². The lowest BCUT2D eigenvalue weighted by molar-refractivity contribution is 0.456. The Morgan fingerprint density at radius 3 is 2.58 bits per heavy atom. The standard InChI is InChI=1S/C12H22/c1-3-5-6-11(4-2)7-8-12-9-10-12/h8,11H,3-7,9-10H2,1-2H3. The minimum Gasteiger partial charge on any atom is -0.0850 e. The van der Waals surface area contributed by atoms with Gasteiger partial charge < -0.3 is 0 Å². The van der Waals surface area contributed by atoms with Crippen molar-refractivity contribution in [3.63, 3.8) is 0 Å². The van der Waals surface area contributed by atoms with Crippen LogP contribution >= 0.6 is 0 Å². The van der Waals surface area contributed by atoms with Gasteiger partial charge in [0, 0.05) is 0 Å². The summed E-state index contributed by atoms with van der Waals surface area (Å²) in [6.07, 6.45) is 12.2. The molecule has 0 amide bonds. The Morgan fingerprint density at radius 1 is 1.33 bits per heavy atom. The van der Waals surface area contributed by atoms with E-state index in [-0.39, 0.29) is 0 Å². The lowest BCUT2D eigenvalue weighted by Gasteiger charge is -2.10. The van der Waals surface area contributed by atoms with Crippen LogP contribution < -0.4 is 0 Å². The van der Waals surface area contributed by atoms with Gasteiger partial charge in [-0.3, -0.25) is 0 Å². The maximum Gasteiger partial charge on any atom is -0.0283 e. The van der Waals surface area contributed by atoms with Gasteiger partial charge in [0.1, 0.15) is 0 Å². The van der Waals surface area contributed by atoms with Crippen LogP contribution in [0.4, 0.5) is 0 Å². The minimum absolute atomic E-state index is 0.970. The van der Waals surface area contributed by atoms with Gasteiger partial charge in [0.2, 0.25) is 0 Å². The van der Waals surface area contributed by atoms with E-state index in [4.69, 9.17) is 0 Å². The van der Waals surface area contributed by atoms with E-state index in [0.29, 0.717) is 0 Å². The van der Waals surface area contributed by atoms with Crippen molar-refractivity contribution >= 4 is 0 Å². The Bertz CT molecular complexity index is 138. The second-order valence-electron chi connectivity index (χ2n) is 4.01. The summed E-state index contributed by atoms with van der Waals surface area (Å²) in [5, 5.41) is 0. The molecule has 0 heterocycles. The van der Waals surface area contributed by atoms with Crippen LogP contribution in [0.5, 0.6) is 0 Å². The second kappa shape index (κ2) is 5.40. The average Bonchev–Trinajstić information content (AvgIpc) is 2.89. The summed E-state index contributed by atoms with van der Waals surface area (Å²) in [7, 11) is 0. The van der Waals surface area contributed by atoms with Gasteiger partial charge >= 0.3 is 0 Å². The summed E-state index contributed by atoms with van der Waals surface area (Å²) in [6, 6.07) is 0. The van der Waals surface area contributed by atoms with Crippen molar-refractivity contribution in [2.45, 2.75) is 58.8 Å². The molecule has 1 saturated carbocycles. The molecule has 0 heteroatoms. The molecule has 1 rings (SSSR count). The maximum absolute atomic E-state index is 2.49. The Hall–Kier alpha value is -0.260. The van der Waals surface area contributed by atoms with Crippen molar-refractivity contribution in [1.29, 1.82) is 0 Å². The summed E-state index contributed by atoms with van der Waals surface area (Å²) in [5.41, 5.74) is 1.71. The van der Waals surface area contributed by atoms with Crippen molar-refractivity contribution < 1.29 is 0 Å². The zero-order valence-electron chi connectivity index (χ0n) is 8.60. The third kappa shape index (κ3) is 3.94. The minimum atomic E-state index is 0.970. The number of unbranched alkanes of at least 4 members (excludes halogenated alkanes) is 1. The van der Waals surface area contributed by atoms with E-state index in [1.54, 1.807) is 5.57 Å². The van der Waals surface area contributed by atoms with Crippen LogP contribution in [0.2, 0.25) is 0 Å². The first-order valence-electron chi connectivity index (χ1n) is 5.54. The second-order valence-corrected chi connectivity index (χ2v) is 4.01. The van der Waals surface area contributed by atoms with Gasteiger partial charge in [-0.25, -0.2) is 0 Å². The van der Waals surface area contributed by atoms with E-state index in [9.17, 15) is 0 Å². The van der Waals surface area contributed by atoms with Crippen LogP contribution in [0.1, 0.15) is 58.8 Å². The smallest absolute Gasteiger partial charge is 0.0283 e. The molecule has 0 N–H and O–H groups in total. The average molecular weight is 166 g/mol. The Morgan fingerprint density at radius 2 is 2.08 bits per heavy atom. The summed E-state index contributed by atoms with van der Waals surface area (Å²) >= 11 is 0. The van der Waals surface area contributed by atoms with Gasteiger partial charge in [0.15, 0.2) is 0 Å². The number of allylic oxidation sites excluding steroid dienone is 2. The fraction of sp³-hybridized carbons (Fsp3) is 0.833. The topological polar surface area (TPSA) is 0 Å². The highest BCUT2D eigenvalue weighted by molar-refractivity contribution is 5.16. The summed E-state index contributed by atoms with van der Waals surface area (Å²) < 4.78 is 0. The van der Waals surface area contributed by atoms with E-state index in [0.717, 1.165) is 5.92 Å². The SMILES string of the molecule is CCCCC(CC)CC=C1CC1. The summed E-state index contributed by atoms with van der Waals surface area (Å²) in [4.78, 5) is 0. The monoisotopic (exact) mass is 166 g/mol. The zero-order valence-corrected chi connectivity index (χ0v) is 8.60. The van der Waals surface area contributed by atoms with E-state index in [1.165, 1.54) is 44.9 Å². The van der Waals surface area contributed by atoms with Crippen LogP contribution in [0.15, 0.2) is 11.6 Å². The third-order valence-corrected chi connectivity index (χ3v) is 2.82. The maximum atomic E-state index is 2.49. The molecule has 12 heavy (non-hydrogen) atoms. The van der Waals surface area contributed by atoms with E-state index >= 15 is 0 Å². The molecular formula is C12H22. The van der Waals surface area contributed by atoms with Gasteiger partial charge in [0.25, 0.3) is 0 Å². The first kappa shape index (κ1) is 9.83. The Balaban J connectivity index is 2.10. The molecule has 0 aromatic heterocycles. The molecule has 1 atom stereocenters. The predicted octanol–water partition coefficient (Wildman–Crippen LogP) is 4.31. The molecule has 0 saturated heterocycles. The van der Waals surface area contributed by atoms with Crippen molar-refractivity contribution in [3.05, 3.63) is 11.6 Å². The van der Waals surface area contributed by atoms with Crippen LogP contribution in [-0.4, -0.2) is 0 Å². The molecular weight excluding hydrogens is 144 g/mol. The number of rotatable bonds is 6. The van der Waals surface area contributed by atoms with Gasteiger partial charge in [-0.1, -0.05) is 51.2 Å². The lowest BCUT2D eigenvalue weighted by Crippen LogP contribution is -1.96. The molecule has 1 unspecified atom stereocenters. The molecule has 0 aliphatic heterocycles. The molecule has 1 aliphatic carbocycles. The fourth-order valence-electron chi connectivity index (χ4n) is 1.59. The zero-order chi connectivity index (χ0) is 8.81. The van der Waals surface area contributed by atoms with Crippen molar-refractivity contribution in [2.75, 3.05) is 0 Å². The highest BCUT2D eigenvalue weighted by Crippen LogP contribution is 2.29. The molecule has 0 nitrogen and oxygen atoms in total. The van der Waals surface area contributed by atoms with Crippen molar-refractivity contribution in [1.82, 2.24) is 0 Å².